The number of hydrogen-bond donors (Lipinski definition) is 0. The first-order valence-electron chi connectivity index (χ1n) is 9.17. The largest absolute Gasteiger partial charge is 0.377 e. The molecular weight excluding hydrogens is 318 g/mol. The van der Waals surface area contributed by atoms with Crippen LogP contribution in [0.4, 0.5) is 0 Å². The molecule has 1 aromatic carbocycles. The average Bonchev–Trinajstić information content (AvgIpc) is 3.38. The van der Waals surface area contributed by atoms with Crippen molar-refractivity contribution >= 4 is 0 Å². The average molecular weight is 343 g/mol. The molecule has 0 bridgehead atoms. The van der Waals surface area contributed by atoms with E-state index in [1.165, 1.54) is 0 Å². The van der Waals surface area contributed by atoms with Gasteiger partial charge < -0.3 is 9.47 Å². The van der Waals surface area contributed by atoms with Gasteiger partial charge in [-0.25, -0.2) is 0 Å². The Balaban J connectivity index is 1.48. The number of aromatic nitrogens is 4. The summed E-state index contributed by atoms with van der Waals surface area (Å²) in [5, 5.41) is 12.3. The maximum absolute atomic E-state index is 5.84. The third-order valence-electron chi connectivity index (χ3n) is 4.87. The van der Waals surface area contributed by atoms with Crippen LogP contribution in [0.5, 0.6) is 0 Å². The number of tetrazole rings is 1. The van der Waals surface area contributed by atoms with Gasteiger partial charge in [0.25, 0.3) is 0 Å². The Bertz CT molecular complexity index is 632. The van der Waals surface area contributed by atoms with Gasteiger partial charge in [0, 0.05) is 26.3 Å². The van der Waals surface area contributed by atoms with E-state index in [4.69, 9.17) is 9.47 Å². The molecule has 0 N–H and O–H groups in total. The van der Waals surface area contributed by atoms with E-state index in [-0.39, 0.29) is 0 Å². The predicted octanol–water partition coefficient (Wildman–Crippen LogP) is 1.82. The SMILES string of the molecule is c1ccc(-n2nnnc2CN(C[C@H]2CCCO2)C[C@@H]2CCCO2)cc1. The van der Waals surface area contributed by atoms with Gasteiger partial charge in [0.2, 0.25) is 0 Å². The fraction of sp³-hybridized carbons (Fsp3) is 0.611. The van der Waals surface area contributed by atoms with Crippen molar-refractivity contribution in [2.75, 3.05) is 26.3 Å². The van der Waals surface area contributed by atoms with E-state index < -0.39 is 0 Å². The van der Waals surface area contributed by atoms with Gasteiger partial charge in [0.1, 0.15) is 0 Å². The van der Waals surface area contributed by atoms with Gasteiger partial charge in [-0.1, -0.05) is 18.2 Å². The fourth-order valence-corrected chi connectivity index (χ4v) is 3.63. The minimum absolute atomic E-state index is 0.308. The summed E-state index contributed by atoms with van der Waals surface area (Å²) < 4.78 is 13.5. The summed E-state index contributed by atoms with van der Waals surface area (Å²) in [7, 11) is 0. The smallest absolute Gasteiger partial charge is 0.170 e. The molecule has 0 radical (unpaired) electrons. The monoisotopic (exact) mass is 343 g/mol. The Morgan fingerprint density at radius 1 is 1.00 bits per heavy atom. The fourth-order valence-electron chi connectivity index (χ4n) is 3.63. The molecule has 25 heavy (non-hydrogen) atoms. The zero-order valence-corrected chi connectivity index (χ0v) is 14.5. The Kier molecular flexibility index (Phi) is 5.34. The highest BCUT2D eigenvalue weighted by Crippen LogP contribution is 2.19. The van der Waals surface area contributed by atoms with Crippen LogP contribution in [0.1, 0.15) is 31.5 Å². The molecule has 0 unspecified atom stereocenters. The summed E-state index contributed by atoms with van der Waals surface area (Å²) in [5.74, 6) is 0.849. The van der Waals surface area contributed by atoms with Crippen LogP contribution >= 0.6 is 0 Å². The highest BCUT2D eigenvalue weighted by Gasteiger charge is 2.25. The van der Waals surface area contributed by atoms with E-state index in [1.54, 1.807) is 0 Å². The van der Waals surface area contributed by atoms with E-state index in [0.717, 1.165) is 63.5 Å². The minimum atomic E-state index is 0.308. The van der Waals surface area contributed by atoms with Crippen LogP contribution in [0.2, 0.25) is 0 Å². The molecule has 2 aliphatic rings. The molecule has 0 amide bonds. The van der Waals surface area contributed by atoms with Crippen molar-refractivity contribution in [2.24, 2.45) is 0 Å². The van der Waals surface area contributed by atoms with Crippen molar-refractivity contribution in [3.8, 4) is 5.69 Å². The number of ether oxygens (including phenoxy) is 2. The van der Waals surface area contributed by atoms with Gasteiger partial charge in [-0.2, -0.15) is 4.68 Å². The number of nitrogens with zero attached hydrogens (tertiary/aromatic N) is 5. The Labute approximate surface area is 147 Å². The van der Waals surface area contributed by atoms with Gasteiger partial charge in [-0.05, 0) is 48.2 Å². The maximum Gasteiger partial charge on any atom is 0.170 e. The molecule has 2 aromatic rings. The summed E-state index contributed by atoms with van der Waals surface area (Å²) in [6, 6.07) is 10.0. The molecule has 1 aromatic heterocycles. The normalized spacial score (nSPS) is 23.6. The van der Waals surface area contributed by atoms with Crippen molar-refractivity contribution < 1.29 is 9.47 Å². The van der Waals surface area contributed by atoms with Crippen LogP contribution in [0.25, 0.3) is 5.69 Å². The first-order valence-corrected chi connectivity index (χ1v) is 9.17. The summed E-state index contributed by atoms with van der Waals surface area (Å²) >= 11 is 0. The molecule has 2 saturated heterocycles. The van der Waals surface area contributed by atoms with Crippen LogP contribution in [-0.2, 0) is 16.0 Å². The molecule has 2 atom stereocenters. The van der Waals surface area contributed by atoms with E-state index in [0.29, 0.717) is 18.8 Å². The molecule has 2 aliphatic heterocycles. The van der Waals surface area contributed by atoms with Crippen LogP contribution in [0.3, 0.4) is 0 Å². The molecule has 0 saturated carbocycles. The highest BCUT2D eigenvalue weighted by molar-refractivity contribution is 5.30. The number of rotatable bonds is 7. The highest BCUT2D eigenvalue weighted by atomic mass is 16.5. The molecular formula is C18H25N5O2. The van der Waals surface area contributed by atoms with E-state index >= 15 is 0 Å². The second-order valence-corrected chi connectivity index (χ2v) is 6.81. The molecule has 0 spiro atoms. The molecule has 4 rings (SSSR count). The second kappa shape index (κ2) is 8.03. The standard InChI is InChI=1S/C18H25N5O2/c1-2-6-15(7-3-1)23-18(19-20-21-23)14-22(12-16-8-4-10-24-16)13-17-9-5-11-25-17/h1-3,6-7,16-17H,4-5,8-14H2/t16-,17+. The molecule has 3 heterocycles. The number of hydrogen-bond acceptors (Lipinski definition) is 6. The summed E-state index contributed by atoms with van der Waals surface area (Å²) in [4.78, 5) is 2.39. The third-order valence-corrected chi connectivity index (χ3v) is 4.87. The quantitative estimate of drug-likeness (QED) is 0.764. The van der Waals surface area contributed by atoms with Crippen LogP contribution < -0.4 is 0 Å². The van der Waals surface area contributed by atoms with Gasteiger partial charge in [0.15, 0.2) is 5.82 Å². The molecule has 0 aliphatic carbocycles. The Morgan fingerprint density at radius 3 is 2.28 bits per heavy atom. The summed E-state index contributed by atoms with van der Waals surface area (Å²) in [5.41, 5.74) is 0.983. The maximum atomic E-state index is 5.84. The lowest BCUT2D eigenvalue weighted by atomic mass is 10.2. The van der Waals surface area contributed by atoms with Gasteiger partial charge in [-0.3, -0.25) is 4.90 Å². The van der Waals surface area contributed by atoms with E-state index in [2.05, 4.69) is 20.4 Å². The predicted molar refractivity (Wildman–Crippen MR) is 92.4 cm³/mol. The number of benzene rings is 1. The van der Waals surface area contributed by atoms with Crippen molar-refractivity contribution in [2.45, 2.75) is 44.4 Å². The van der Waals surface area contributed by atoms with Crippen LogP contribution in [-0.4, -0.2) is 63.6 Å². The van der Waals surface area contributed by atoms with Crippen molar-refractivity contribution in [1.29, 1.82) is 0 Å². The lowest BCUT2D eigenvalue weighted by molar-refractivity contribution is 0.0334. The molecule has 7 heteroatoms. The van der Waals surface area contributed by atoms with Crippen LogP contribution in [0, 0.1) is 0 Å². The zero-order chi connectivity index (χ0) is 16.9. The van der Waals surface area contributed by atoms with E-state index in [1.807, 2.05) is 35.0 Å². The van der Waals surface area contributed by atoms with E-state index in [9.17, 15) is 0 Å². The van der Waals surface area contributed by atoms with Gasteiger partial charge >= 0.3 is 0 Å². The Morgan fingerprint density at radius 2 is 1.68 bits per heavy atom. The van der Waals surface area contributed by atoms with Crippen molar-refractivity contribution in [3.63, 3.8) is 0 Å². The third kappa shape index (κ3) is 4.23. The lowest BCUT2D eigenvalue weighted by Crippen LogP contribution is -2.38. The second-order valence-electron chi connectivity index (χ2n) is 6.81. The zero-order valence-electron chi connectivity index (χ0n) is 14.5. The van der Waals surface area contributed by atoms with Crippen LogP contribution in [0.15, 0.2) is 30.3 Å². The van der Waals surface area contributed by atoms with Gasteiger partial charge in [0.05, 0.1) is 24.4 Å². The van der Waals surface area contributed by atoms with Crippen molar-refractivity contribution in [3.05, 3.63) is 36.2 Å². The lowest BCUT2D eigenvalue weighted by Gasteiger charge is -2.27. The first kappa shape index (κ1) is 16.6. The summed E-state index contributed by atoms with van der Waals surface area (Å²) in [6.45, 7) is 4.25. The topological polar surface area (TPSA) is 65.3 Å². The first-order chi connectivity index (χ1) is 12.4. The summed E-state index contributed by atoms with van der Waals surface area (Å²) in [6.07, 6.45) is 5.18. The van der Waals surface area contributed by atoms with Crippen molar-refractivity contribution in [1.82, 2.24) is 25.1 Å². The molecule has 134 valence electrons. The number of para-hydroxylation sites is 1. The van der Waals surface area contributed by atoms with Gasteiger partial charge in [-0.15, -0.1) is 5.10 Å². The molecule has 2 fully saturated rings. The Hall–Kier alpha value is -1.83. The minimum Gasteiger partial charge on any atom is -0.377 e. The molecule has 7 nitrogen and oxygen atoms in total.